The molecule has 0 spiro atoms. The van der Waals surface area contributed by atoms with E-state index >= 15 is 0 Å². The first-order valence-corrected chi connectivity index (χ1v) is 7.78. The molecule has 7 heteroatoms. The van der Waals surface area contributed by atoms with Crippen molar-refractivity contribution in [1.29, 1.82) is 0 Å². The average Bonchev–Trinajstić information content (AvgIpc) is 3.03. The molecule has 1 aliphatic heterocycles. The number of rotatable bonds is 6. The highest BCUT2D eigenvalue weighted by atomic mass is 32.2. The minimum Gasteiger partial charge on any atom is -0.466 e. The highest BCUT2D eigenvalue weighted by molar-refractivity contribution is 8.26. The van der Waals surface area contributed by atoms with Crippen molar-refractivity contribution in [3.05, 3.63) is 29.1 Å². The first-order valence-electron chi connectivity index (χ1n) is 6.56. The van der Waals surface area contributed by atoms with Gasteiger partial charge < -0.3 is 9.15 Å². The van der Waals surface area contributed by atoms with Crippen LogP contribution in [0, 0.1) is 0 Å². The zero-order valence-electron chi connectivity index (χ0n) is 11.5. The number of nitrogens with zero attached hydrogens (tertiary/aromatic N) is 1. The number of furan rings is 1. The lowest BCUT2D eigenvalue weighted by Gasteiger charge is -2.13. The summed E-state index contributed by atoms with van der Waals surface area (Å²) in [7, 11) is 0. The van der Waals surface area contributed by atoms with Crippen LogP contribution in [0.25, 0.3) is 6.08 Å². The smallest absolute Gasteiger partial charge is 0.305 e. The first kappa shape index (κ1) is 15.8. The summed E-state index contributed by atoms with van der Waals surface area (Å²) < 4.78 is 10.5. The molecule has 0 atom stereocenters. The molecule has 21 heavy (non-hydrogen) atoms. The van der Waals surface area contributed by atoms with Crippen molar-refractivity contribution in [3.63, 3.8) is 0 Å². The highest BCUT2D eigenvalue weighted by Crippen LogP contribution is 2.32. The first-order chi connectivity index (χ1) is 10.1. The molecule has 5 nitrogen and oxygen atoms in total. The lowest BCUT2D eigenvalue weighted by atomic mass is 10.3. The highest BCUT2D eigenvalue weighted by Gasteiger charge is 2.31. The maximum absolute atomic E-state index is 12.2. The van der Waals surface area contributed by atoms with Crippen molar-refractivity contribution in [2.45, 2.75) is 19.8 Å². The molecule has 2 heterocycles. The molecule has 112 valence electrons. The summed E-state index contributed by atoms with van der Waals surface area (Å²) in [6.07, 6.45) is 4.03. The van der Waals surface area contributed by atoms with E-state index in [0.717, 1.165) is 0 Å². The SMILES string of the molecule is CCOC(=O)CCCN1C(=O)/C(=C\c2ccco2)SC1=S. The fourth-order valence-corrected chi connectivity index (χ4v) is 3.10. The topological polar surface area (TPSA) is 59.8 Å². The lowest BCUT2D eigenvalue weighted by molar-refractivity contribution is -0.143. The van der Waals surface area contributed by atoms with Crippen LogP contribution in [0.3, 0.4) is 0 Å². The Balaban J connectivity index is 1.91. The van der Waals surface area contributed by atoms with Gasteiger partial charge in [0.05, 0.1) is 17.8 Å². The summed E-state index contributed by atoms with van der Waals surface area (Å²) in [4.78, 5) is 25.5. The number of hydrogen-bond acceptors (Lipinski definition) is 6. The Labute approximate surface area is 132 Å². The third-order valence-electron chi connectivity index (χ3n) is 2.76. The lowest BCUT2D eigenvalue weighted by Crippen LogP contribution is -2.29. The molecule has 1 fully saturated rings. The average molecular weight is 325 g/mol. The Bertz CT molecular complexity index is 566. The Morgan fingerprint density at radius 1 is 1.57 bits per heavy atom. The van der Waals surface area contributed by atoms with Crippen LogP contribution in [0.1, 0.15) is 25.5 Å². The standard InChI is InChI=1S/C14H15NO4S2/c1-2-18-12(16)6-3-7-15-13(17)11(21-14(15)20)9-10-5-4-8-19-10/h4-5,8-9H,2-3,6-7H2,1H3/b11-9+. The van der Waals surface area contributed by atoms with Crippen LogP contribution >= 0.6 is 24.0 Å². The number of thioether (sulfide) groups is 1. The predicted molar refractivity (Wildman–Crippen MR) is 84.5 cm³/mol. The summed E-state index contributed by atoms with van der Waals surface area (Å²) in [5.74, 6) is 0.210. The van der Waals surface area contributed by atoms with Gasteiger partial charge in [0, 0.05) is 19.0 Å². The normalized spacial score (nSPS) is 16.8. The molecule has 0 saturated carbocycles. The molecular weight excluding hydrogens is 310 g/mol. The molecule has 0 bridgehead atoms. The van der Waals surface area contributed by atoms with E-state index in [1.54, 1.807) is 31.4 Å². The second-order valence-corrected chi connectivity index (χ2v) is 5.93. The van der Waals surface area contributed by atoms with Crippen molar-refractivity contribution in [1.82, 2.24) is 4.90 Å². The van der Waals surface area contributed by atoms with E-state index in [1.807, 2.05) is 0 Å². The quantitative estimate of drug-likeness (QED) is 0.455. The Morgan fingerprint density at radius 3 is 3.05 bits per heavy atom. The number of hydrogen-bond donors (Lipinski definition) is 0. The maximum Gasteiger partial charge on any atom is 0.305 e. The van der Waals surface area contributed by atoms with Gasteiger partial charge in [-0.15, -0.1) is 0 Å². The minimum atomic E-state index is -0.255. The predicted octanol–water partition coefficient (Wildman–Crippen LogP) is 2.82. The van der Waals surface area contributed by atoms with Crippen LogP contribution < -0.4 is 0 Å². The van der Waals surface area contributed by atoms with E-state index in [0.29, 0.717) is 34.6 Å². The largest absolute Gasteiger partial charge is 0.466 e. The van der Waals surface area contributed by atoms with E-state index in [2.05, 4.69) is 0 Å². The minimum absolute atomic E-state index is 0.148. The molecule has 0 N–H and O–H groups in total. The van der Waals surface area contributed by atoms with E-state index < -0.39 is 0 Å². The summed E-state index contributed by atoms with van der Waals surface area (Å²) >= 11 is 6.44. The van der Waals surface area contributed by atoms with Crippen molar-refractivity contribution >= 4 is 46.3 Å². The Hall–Kier alpha value is -1.60. The van der Waals surface area contributed by atoms with Crippen molar-refractivity contribution < 1.29 is 18.7 Å². The molecule has 1 saturated heterocycles. The van der Waals surface area contributed by atoms with Crippen LogP contribution in [-0.4, -0.2) is 34.2 Å². The zero-order chi connectivity index (χ0) is 15.2. The second-order valence-electron chi connectivity index (χ2n) is 4.26. The third-order valence-corrected chi connectivity index (χ3v) is 4.14. The number of carbonyl (C=O) groups excluding carboxylic acids is 2. The van der Waals surface area contributed by atoms with Gasteiger partial charge in [0.1, 0.15) is 10.1 Å². The van der Waals surface area contributed by atoms with Crippen LogP contribution in [-0.2, 0) is 14.3 Å². The zero-order valence-corrected chi connectivity index (χ0v) is 13.2. The summed E-state index contributed by atoms with van der Waals surface area (Å²) in [6.45, 7) is 2.55. The fraction of sp³-hybridized carbons (Fsp3) is 0.357. The summed E-state index contributed by atoms with van der Waals surface area (Å²) in [6, 6.07) is 3.53. The fourth-order valence-electron chi connectivity index (χ4n) is 1.81. The van der Waals surface area contributed by atoms with Crippen LogP contribution in [0.2, 0.25) is 0 Å². The monoisotopic (exact) mass is 325 g/mol. The molecule has 0 aromatic carbocycles. The number of carbonyl (C=O) groups is 2. The van der Waals surface area contributed by atoms with E-state index in [9.17, 15) is 9.59 Å². The number of thiocarbonyl (C=S) groups is 1. The van der Waals surface area contributed by atoms with Gasteiger partial charge in [-0.3, -0.25) is 14.5 Å². The number of amides is 1. The molecule has 1 aromatic rings. The summed E-state index contributed by atoms with van der Waals surface area (Å²) in [5.41, 5.74) is 0. The van der Waals surface area contributed by atoms with Gasteiger partial charge in [-0.1, -0.05) is 24.0 Å². The van der Waals surface area contributed by atoms with Gasteiger partial charge in [-0.05, 0) is 25.5 Å². The Morgan fingerprint density at radius 2 is 2.38 bits per heavy atom. The maximum atomic E-state index is 12.2. The van der Waals surface area contributed by atoms with E-state index in [4.69, 9.17) is 21.4 Å². The van der Waals surface area contributed by atoms with Gasteiger partial charge in [-0.25, -0.2) is 0 Å². The van der Waals surface area contributed by atoms with Crippen molar-refractivity contribution in [3.8, 4) is 0 Å². The van der Waals surface area contributed by atoms with Crippen molar-refractivity contribution in [2.24, 2.45) is 0 Å². The molecule has 0 unspecified atom stereocenters. The molecule has 1 aliphatic rings. The van der Waals surface area contributed by atoms with Gasteiger partial charge >= 0.3 is 5.97 Å². The van der Waals surface area contributed by atoms with Crippen LogP contribution in [0.4, 0.5) is 0 Å². The third kappa shape index (κ3) is 4.18. The van der Waals surface area contributed by atoms with Crippen molar-refractivity contribution in [2.75, 3.05) is 13.2 Å². The Kier molecular flexibility index (Phi) is 5.58. The molecule has 1 amide bonds. The van der Waals surface area contributed by atoms with Crippen LogP contribution in [0.5, 0.6) is 0 Å². The number of esters is 1. The molecule has 1 aromatic heterocycles. The van der Waals surface area contributed by atoms with Gasteiger partial charge in [0.25, 0.3) is 5.91 Å². The molecule has 2 rings (SSSR count). The second kappa shape index (κ2) is 7.42. The molecular formula is C14H15NO4S2. The number of ether oxygens (including phenoxy) is 1. The molecule has 0 radical (unpaired) electrons. The van der Waals surface area contributed by atoms with Crippen LogP contribution in [0.15, 0.2) is 27.7 Å². The van der Waals surface area contributed by atoms with Gasteiger partial charge in [-0.2, -0.15) is 0 Å². The molecule has 0 aliphatic carbocycles. The summed E-state index contributed by atoms with van der Waals surface area (Å²) in [5, 5.41) is 0. The van der Waals surface area contributed by atoms with E-state index in [-0.39, 0.29) is 18.3 Å². The van der Waals surface area contributed by atoms with E-state index in [1.165, 1.54) is 16.7 Å². The van der Waals surface area contributed by atoms with Gasteiger partial charge in [0.15, 0.2) is 0 Å². The van der Waals surface area contributed by atoms with Gasteiger partial charge in [0.2, 0.25) is 0 Å².